The normalized spacial score (nSPS) is 17.6. The summed E-state index contributed by atoms with van der Waals surface area (Å²) in [6, 6.07) is 17.3. The smallest absolute Gasteiger partial charge is 0.123 e. The highest BCUT2D eigenvalue weighted by atomic mass is 32.3. The van der Waals surface area contributed by atoms with Crippen LogP contribution >= 0.6 is 10.0 Å². The molecule has 1 aromatic heterocycles. The molecule has 0 saturated carbocycles. The molecule has 0 spiro atoms. The predicted octanol–water partition coefficient (Wildman–Crippen LogP) is 5.48. The highest BCUT2D eigenvalue weighted by Gasteiger charge is 2.24. The van der Waals surface area contributed by atoms with Crippen molar-refractivity contribution in [3.63, 3.8) is 0 Å². The monoisotopic (exact) mass is 426 g/mol. The minimum Gasteiger partial charge on any atom is -0.497 e. The van der Waals surface area contributed by atoms with Gasteiger partial charge in [-0.3, -0.25) is 4.90 Å². The van der Waals surface area contributed by atoms with Crippen LogP contribution in [0.2, 0.25) is 0 Å². The summed E-state index contributed by atoms with van der Waals surface area (Å²) in [7, 11) is 1.26. The van der Waals surface area contributed by atoms with E-state index in [1.54, 1.807) is 7.11 Å². The van der Waals surface area contributed by atoms with E-state index < -0.39 is 10.0 Å². The minimum atomic E-state index is -0.424. The Morgan fingerprint density at radius 2 is 1.60 bits per heavy atom. The Kier molecular flexibility index (Phi) is 5.94. The van der Waals surface area contributed by atoms with E-state index in [0.29, 0.717) is 0 Å². The van der Waals surface area contributed by atoms with E-state index in [0.717, 1.165) is 42.3 Å². The molecule has 2 heterocycles. The largest absolute Gasteiger partial charge is 0.497 e. The summed E-state index contributed by atoms with van der Waals surface area (Å²) in [6.07, 6.45) is 4.89. The van der Waals surface area contributed by atoms with E-state index >= 15 is 0 Å². The molecule has 3 nitrogen and oxygen atoms in total. The van der Waals surface area contributed by atoms with Crippen LogP contribution in [0, 0.1) is 12.7 Å². The number of methoxy groups -OCH3 is 1. The summed E-state index contributed by atoms with van der Waals surface area (Å²) in [4.78, 5) is 2.58. The molecule has 4 rings (SSSR count). The van der Waals surface area contributed by atoms with Crippen LogP contribution in [-0.2, 0) is 6.54 Å². The van der Waals surface area contributed by atoms with Gasteiger partial charge in [0, 0.05) is 31.0 Å². The molecule has 1 aliphatic heterocycles. The van der Waals surface area contributed by atoms with E-state index in [9.17, 15) is 4.39 Å². The topological polar surface area (TPSA) is 17.4 Å². The summed E-state index contributed by atoms with van der Waals surface area (Å²) in [6.45, 7) is 5.38. The first kappa shape index (κ1) is 21.0. The lowest BCUT2D eigenvalue weighted by Crippen LogP contribution is -2.37. The van der Waals surface area contributed by atoms with Crippen molar-refractivity contribution in [2.45, 2.75) is 13.5 Å². The van der Waals surface area contributed by atoms with Gasteiger partial charge in [0.15, 0.2) is 0 Å². The van der Waals surface area contributed by atoms with E-state index in [2.05, 4.69) is 47.1 Å². The number of aryl methyl sites for hydroxylation is 1. The maximum Gasteiger partial charge on any atom is 0.123 e. The standard InChI is InChI=1S/C25H31FN2OS/c1-19-17-21(18-27-13-15-30(3,4)16-14-27)25(20-5-11-24(29-2)12-6-20)28(19)23-9-7-22(26)8-10-23/h5-12,17H,13-16,18H2,1-4H3. The van der Waals surface area contributed by atoms with Crippen molar-refractivity contribution in [2.24, 2.45) is 0 Å². The van der Waals surface area contributed by atoms with Crippen molar-refractivity contribution in [1.82, 2.24) is 9.47 Å². The van der Waals surface area contributed by atoms with Crippen LogP contribution in [0.1, 0.15) is 11.3 Å². The van der Waals surface area contributed by atoms with Crippen molar-refractivity contribution < 1.29 is 9.13 Å². The number of nitrogens with zero attached hydrogens (tertiary/aromatic N) is 2. The predicted molar refractivity (Wildman–Crippen MR) is 127 cm³/mol. The summed E-state index contributed by atoms with van der Waals surface area (Å²) in [5.41, 5.74) is 5.78. The lowest BCUT2D eigenvalue weighted by Gasteiger charge is -2.41. The van der Waals surface area contributed by atoms with Crippen molar-refractivity contribution in [2.75, 3.05) is 44.2 Å². The molecule has 0 unspecified atom stereocenters. The third-order valence-corrected chi connectivity index (χ3v) is 8.60. The second-order valence-electron chi connectivity index (χ2n) is 8.65. The number of halogens is 1. The van der Waals surface area contributed by atoms with Crippen LogP contribution in [0.15, 0.2) is 54.6 Å². The molecule has 5 heteroatoms. The molecule has 1 aliphatic rings. The highest BCUT2D eigenvalue weighted by Crippen LogP contribution is 2.42. The molecule has 1 fully saturated rings. The third-order valence-electron chi connectivity index (χ3n) is 6.03. The van der Waals surface area contributed by atoms with Crippen LogP contribution in [0.4, 0.5) is 4.39 Å². The molecule has 0 atom stereocenters. The average Bonchev–Trinajstić information content (AvgIpc) is 3.06. The first-order valence-corrected chi connectivity index (χ1v) is 13.2. The average molecular weight is 427 g/mol. The van der Waals surface area contributed by atoms with Gasteiger partial charge in [0.1, 0.15) is 11.6 Å². The van der Waals surface area contributed by atoms with Gasteiger partial charge in [0.2, 0.25) is 0 Å². The molecule has 160 valence electrons. The van der Waals surface area contributed by atoms with Crippen LogP contribution in [0.25, 0.3) is 16.9 Å². The highest BCUT2D eigenvalue weighted by molar-refractivity contribution is 8.32. The zero-order valence-electron chi connectivity index (χ0n) is 18.3. The van der Waals surface area contributed by atoms with E-state index in [4.69, 9.17) is 4.74 Å². The van der Waals surface area contributed by atoms with E-state index in [1.165, 1.54) is 34.9 Å². The molecular formula is C25H31FN2OS. The first-order valence-electron chi connectivity index (χ1n) is 10.4. The third kappa shape index (κ3) is 4.42. The zero-order chi connectivity index (χ0) is 21.3. The van der Waals surface area contributed by atoms with Gasteiger partial charge in [-0.1, -0.05) is 0 Å². The molecule has 3 aromatic rings. The molecular weight excluding hydrogens is 395 g/mol. The zero-order valence-corrected chi connectivity index (χ0v) is 19.1. The fourth-order valence-electron chi connectivity index (χ4n) is 4.18. The van der Waals surface area contributed by atoms with Crippen LogP contribution in [-0.4, -0.2) is 53.7 Å². The summed E-state index contributed by atoms with van der Waals surface area (Å²) < 4.78 is 21.2. The summed E-state index contributed by atoms with van der Waals surface area (Å²) in [5, 5.41) is 0. The Hall–Kier alpha value is -2.24. The second kappa shape index (κ2) is 8.48. The van der Waals surface area contributed by atoms with Crippen LogP contribution in [0.3, 0.4) is 0 Å². The lowest BCUT2D eigenvalue weighted by molar-refractivity contribution is 0.293. The van der Waals surface area contributed by atoms with Gasteiger partial charge in [-0.05, 0) is 96.7 Å². The Morgan fingerprint density at radius 1 is 0.967 bits per heavy atom. The van der Waals surface area contributed by atoms with E-state index in [1.807, 2.05) is 24.3 Å². The maximum atomic E-state index is 13.6. The van der Waals surface area contributed by atoms with Crippen molar-refractivity contribution >= 4 is 10.0 Å². The van der Waals surface area contributed by atoms with Gasteiger partial charge < -0.3 is 9.30 Å². The van der Waals surface area contributed by atoms with Crippen molar-refractivity contribution in [3.05, 3.63) is 71.7 Å². The maximum absolute atomic E-state index is 13.6. The first-order chi connectivity index (χ1) is 14.4. The van der Waals surface area contributed by atoms with Gasteiger partial charge >= 0.3 is 0 Å². The van der Waals surface area contributed by atoms with Gasteiger partial charge in [0.05, 0.1) is 12.8 Å². The molecule has 0 aliphatic carbocycles. The quantitative estimate of drug-likeness (QED) is 0.537. The van der Waals surface area contributed by atoms with Crippen LogP contribution in [0.5, 0.6) is 5.75 Å². The van der Waals surface area contributed by atoms with Crippen LogP contribution < -0.4 is 4.74 Å². The molecule has 0 N–H and O–H groups in total. The number of ether oxygens (including phenoxy) is 1. The Morgan fingerprint density at radius 3 is 2.20 bits per heavy atom. The molecule has 0 radical (unpaired) electrons. The molecule has 1 saturated heterocycles. The SMILES string of the molecule is COc1ccc(-c2c(CN3CCS(C)(C)CC3)cc(C)n2-c2ccc(F)cc2)cc1. The number of rotatable bonds is 5. The molecule has 0 amide bonds. The molecule has 2 aromatic carbocycles. The van der Waals surface area contributed by atoms with Gasteiger partial charge in [-0.2, -0.15) is 0 Å². The van der Waals surface area contributed by atoms with Gasteiger partial charge in [-0.25, -0.2) is 14.4 Å². The fourth-order valence-corrected chi connectivity index (χ4v) is 5.89. The van der Waals surface area contributed by atoms with Crippen molar-refractivity contribution in [1.29, 1.82) is 0 Å². The molecule has 30 heavy (non-hydrogen) atoms. The van der Waals surface area contributed by atoms with Gasteiger partial charge in [-0.15, -0.1) is 0 Å². The van der Waals surface area contributed by atoms with Gasteiger partial charge in [0.25, 0.3) is 0 Å². The van der Waals surface area contributed by atoms with E-state index in [-0.39, 0.29) is 5.82 Å². The second-order valence-corrected chi connectivity index (χ2v) is 13.0. The Bertz CT molecular complexity index is 999. The number of benzene rings is 2. The Labute approximate surface area is 180 Å². The fraction of sp³-hybridized carbons (Fsp3) is 0.360. The minimum absolute atomic E-state index is 0.215. The summed E-state index contributed by atoms with van der Waals surface area (Å²) in [5.74, 6) is 3.25. The summed E-state index contributed by atoms with van der Waals surface area (Å²) >= 11 is 0. The lowest BCUT2D eigenvalue weighted by atomic mass is 10.1. The number of hydrogen-bond acceptors (Lipinski definition) is 2. The number of hydrogen-bond donors (Lipinski definition) is 0. The van der Waals surface area contributed by atoms with Crippen molar-refractivity contribution in [3.8, 4) is 22.7 Å². The molecule has 0 bridgehead atoms. The Balaban J connectivity index is 1.75. The number of aromatic nitrogens is 1.